The normalized spacial score (nSPS) is 18.5. The number of aromatic nitrogens is 7. The maximum atomic E-state index is 13.3. The van der Waals surface area contributed by atoms with Crippen LogP contribution in [0.1, 0.15) is 24.0 Å². The van der Waals surface area contributed by atoms with Gasteiger partial charge in [-0.3, -0.25) is 4.68 Å². The summed E-state index contributed by atoms with van der Waals surface area (Å²) in [7, 11) is 0. The van der Waals surface area contributed by atoms with Gasteiger partial charge < -0.3 is 25.2 Å². The second kappa shape index (κ2) is 11.9. The maximum absolute atomic E-state index is 13.3. The molecule has 5 heterocycles. The van der Waals surface area contributed by atoms with Crippen LogP contribution in [-0.4, -0.2) is 86.7 Å². The molecule has 40 heavy (non-hydrogen) atoms. The van der Waals surface area contributed by atoms with Gasteiger partial charge in [-0.2, -0.15) is 10.1 Å². The molecule has 0 spiro atoms. The van der Waals surface area contributed by atoms with E-state index in [0.29, 0.717) is 24.4 Å². The van der Waals surface area contributed by atoms with Crippen molar-refractivity contribution in [3.05, 3.63) is 72.3 Å². The van der Waals surface area contributed by atoms with Crippen LogP contribution in [0.3, 0.4) is 0 Å². The molecule has 4 aromatic rings. The highest BCUT2D eigenvalue weighted by Crippen LogP contribution is 2.24. The van der Waals surface area contributed by atoms with E-state index in [2.05, 4.69) is 57.4 Å². The summed E-state index contributed by atoms with van der Waals surface area (Å²) in [6, 6.07) is 6.56. The van der Waals surface area contributed by atoms with Crippen molar-refractivity contribution in [3.8, 4) is 0 Å². The number of halogens is 1. The summed E-state index contributed by atoms with van der Waals surface area (Å²) >= 11 is 0. The van der Waals surface area contributed by atoms with Gasteiger partial charge in [0.25, 0.3) is 0 Å². The van der Waals surface area contributed by atoms with E-state index in [0.717, 1.165) is 62.7 Å². The fourth-order valence-corrected chi connectivity index (χ4v) is 4.87. The smallest absolute Gasteiger partial charge is 0.232 e. The Kier molecular flexibility index (Phi) is 7.73. The lowest BCUT2D eigenvalue weighted by atomic mass is 9.95. The Morgan fingerprint density at radius 2 is 1.73 bits per heavy atom. The van der Waals surface area contributed by atoms with Crippen LogP contribution in [-0.2, 0) is 11.3 Å². The van der Waals surface area contributed by atoms with Crippen molar-refractivity contribution in [2.75, 3.05) is 61.0 Å². The second-order valence-electron chi connectivity index (χ2n) is 9.95. The number of hydrogen-bond acceptors (Lipinski definition) is 11. The first kappa shape index (κ1) is 26.0. The van der Waals surface area contributed by atoms with Crippen LogP contribution in [0.4, 0.5) is 27.9 Å². The van der Waals surface area contributed by atoms with Crippen molar-refractivity contribution in [2.24, 2.45) is 0 Å². The van der Waals surface area contributed by atoms with Crippen LogP contribution in [0, 0.1) is 5.82 Å². The van der Waals surface area contributed by atoms with E-state index >= 15 is 0 Å². The van der Waals surface area contributed by atoms with Crippen LogP contribution < -0.4 is 20.4 Å². The van der Waals surface area contributed by atoms with Crippen LogP contribution in [0.25, 0.3) is 0 Å². The molecule has 2 unspecified atom stereocenters. The Balaban J connectivity index is 1.03. The Morgan fingerprint density at radius 3 is 2.45 bits per heavy atom. The molecule has 208 valence electrons. The lowest BCUT2D eigenvalue weighted by molar-refractivity contribution is 0.0161. The number of nitrogens with one attached hydrogen (secondary N) is 2. The molecule has 0 amide bonds. The van der Waals surface area contributed by atoms with E-state index in [9.17, 15) is 4.39 Å². The van der Waals surface area contributed by atoms with Gasteiger partial charge in [0.05, 0.1) is 31.1 Å². The fraction of sp³-hybridized carbons (Fsp3) is 0.407. The van der Waals surface area contributed by atoms with Gasteiger partial charge in [0.1, 0.15) is 12.1 Å². The summed E-state index contributed by atoms with van der Waals surface area (Å²) in [5.74, 6) is 1.62. The molecule has 13 heteroatoms. The van der Waals surface area contributed by atoms with E-state index in [4.69, 9.17) is 4.74 Å². The van der Waals surface area contributed by atoms with Gasteiger partial charge in [-0.05, 0) is 23.3 Å². The first-order valence-electron chi connectivity index (χ1n) is 13.5. The first-order chi connectivity index (χ1) is 19.6. The zero-order chi connectivity index (χ0) is 27.3. The highest BCUT2D eigenvalue weighted by molar-refractivity contribution is 5.51. The summed E-state index contributed by atoms with van der Waals surface area (Å²) in [5, 5.41) is 11.0. The highest BCUT2D eigenvalue weighted by atomic mass is 19.1. The fourth-order valence-electron chi connectivity index (χ4n) is 4.87. The largest absolute Gasteiger partial charge is 0.374 e. The molecule has 0 radical (unpaired) electrons. The van der Waals surface area contributed by atoms with Crippen LogP contribution in [0.2, 0.25) is 0 Å². The number of rotatable bonds is 8. The number of anilines is 4. The summed E-state index contributed by atoms with van der Waals surface area (Å²) in [4.78, 5) is 26.8. The molecule has 1 aromatic carbocycles. The van der Waals surface area contributed by atoms with Gasteiger partial charge in [-0.25, -0.2) is 24.3 Å². The number of hydrogen-bond donors (Lipinski definition) is 2. The molecule has 2 aliphatic rings. The molecule has 6 rings (SSSR count). The van der Waals surface area contributed by atoms with Crippen molar-refractivity contribution in [2.45, 2.75) is 25.5 Å². The molecule has 0 aliphatic carbocycles. The van der Waals surface area contributed by atoms with E-state index in [1.54, 1.807) is 18.3 Å². The summed E-state index contributed by atoms with van der Waals surface area (Å²) in [5.41, 5.74) is 2.82. The molecular weight excluding hydrogens is 513 g/mol. The predicted molar refractivity (Wildman–Crippen MR) is 148 cm³/mol. The Bertz CT molecular complexity index is 1380. The minimum atomic E-state index is -0.238. The summed E-state index contributed by atoms with van der Waals surface area (Å²) in [6.45, 7) is 8.12. The zero-order valence-electron chi connectivity index (χ0n) is 22.3. The van der Waals surface area contributed by atoms with Crippen molar-refractivity contribution in [1.82, 2.24) is 40.0 Å². The highest BCUT2D eigenvalue weighted by Gasteiger charge is 2.22. The van der Waals surface area contributed by atoms with Gasteiger partial charge in [-0.15, -0.1) is 0 Å². The van der Waals surface area contributed by atoms with E-state index in [-0.39, 0.29) is 17.8 Å². The number of nitrogens with zero attached hydrogens (tertiary/aromatic N) is 9. The zero-order valence-corrected chi connectivity index (χ0v) is 22.3. The van der Waals surface area contributed by atoms with Gasteiger partial charge in [0.15, 0.2) is 0 Å². The molecule has 0 bridgehead atoms. The number of piperazine rings is 1. The maximum Gasteiger partial charge on any atom is 0.232 e. The number of benzene rings is 1. The third kappa shape index (κ3) is 6.15. The molecule has 12 nitrogen and oxygen atoms in total. The predicted octanol–water partition coefficient (Wildman–Crippen LogP) is 2.21. The third-order valence-electron chi connectivity index (χ3n) is 7.22. The molecule has 2 atom stereocenters. The van der Waals surface area contributed by atoms with Gasteiger partial charge in [0, 0.05) is 63.8 Å². The number of morpholine rings is 1. The van der Waals surface area contributed by atoms with Gasteiger partial charge in [-0.1, -0.05) is 19.1 Å². The quantitative estimate of drug-likeness (QED) is 0.339. The van der Waals surface area contributed by atoms with Crippen molar-refractivity contribution in [1.29, 1.82) is 0 Å². The van der Waals surface area contributed by atoms with Gasteiger partial charge >= 0.3 is 0 Å². The molecule has 2 aliphatic heterocycles. The first-order valence-corrected chi connectivity index (χ1v) is 13.5. The molecule has 2 saturated heterocycles. The van der Waals surface area contributed by atoms with Crippen LogP contribution >= 0.6 is 0 Å². The lowest BCUT2D eigenvalue weighted by Gasteiger charge is -2.34. The van der Waals surface area contributed by atoms with Crippen LogP contribution in [0.15, 0.2) is 55.4 Å². The van der Waals surface area contributed by atoms with E-state index < -0.39 is 0 Å². The van der Waals surface area contributed by atoms with Crippen molar-refractivity contribution >= 4 is 23.5 Å². The molecule has 2 fully saturated rings. The molecule has 3 aromatic heterocycles. The lowest BCUT2D eigenvalue weighted by Crippen LogP contribution is -2.47. The standard InChI is InChI=1S/C27H32FN11O/c1-19(20-2-4-22(28)5-3-20)21-12-30-26(31-13-21)37-7-9-38(10-8-37)27-33-18-32-25(36-27)35-23-14-34-39(16-23)17-24-15-29-6-11-40-24/h2-5,12-14,16,18-19,24,29H,6-11,15,17H2,1H3,(H,32,33,35,36). The average molecular weight is 546 g/mol. The second-order valence-corrected chi connectivity index (χ2v) is 9.95. The topological polar surface area (TPSA) is 122 Å². The Labute approximate surface area is 231 Å². The monoisotopic (exact) mass is 545 g/mol. The molecule has 2 N–H and O–H groups in total. The average Bonchev–Trinajstić information content (AvgIpc) is 3.44. The van der Waals surface area contributed by atoms with E-state index in [1.165, 1.54) is 18.5 Å². The summed E-state index contributed by atoms with van der Waals surface area (Å²) < 4.78 is 20.9. The SMILES string of the molecule is CC(c1ccc(F)cc1)c1cnc(N2CCN(c3ncnc(Nc4cnn(CC5CNCCO5)c4)n3)CC2)nc1. The third-order valence-corrected chi connectivity index (χ3v) is 7.22. The van der Waals surface area contributed by atoms with Crippen LogP contribution in [0.5, 0.6) is 0 Å². The van der Waals surface area contributed by atoms with Gasteiger partial charge in [0.2, 0.25) is 17.8 Å². The summed E-state index contributed by atoms with van der Waals surface area (Å²) in [6.07, 6.45) is 9.02. The van der Waals surface area contributed by atoms with Crippen molar-refractivity contribution in [3.63, 3.8) is 0 Å². The minimum Gasteiger partial charge on any atom is -0.374 e. The minimum absolute atomic E-state index is 0.0793. The Morgan fingerprint density at radius 1 is 0.975 bits per heavy atom. The van der Waals surface area contributed by atoms with E-state index in [1.807, 2.05) is 23.3 Å². The Hall–Kier alpha value is -4.23. The number of ether oxygens (including phenoxy) is 1. The molecular formula is C27H32FN11O. The molecule has 0 saturated carbocycles. The van der Waals surface area contributed by atoms with Crippen molar-refractivity contribution < 1.29 is 9.13 Å².